The number of rotatable bonds is 7. The highest BCUT2D eigenvalue weighted by molar-refractivity contribution is 6.01. The standard InChI is InChI=1S/C15H21NO4/c1-9(2)13(17)8-14(18)11-5-3-10(4-6-11)7-12(16)15(19)20/h3-5,9,11-12H,6-8,16H2,1-2H3,(H,19,20). The highest BCUT2D eigenvalue weighted by Crippen LogP contribution is 2.21. The molecule has 0 saturated carbocycles. The van der Waals surface area contributed by atoms with Crippen molar-refractivity contribution in [2.45, 2.75) is 39.2 Å². The highest BCUT2D eigenvalue weighted by atomic mass is 16.4. The van der Waals surface area contributed by atoms with Crippen LogP contribution in [0.15, 0.2) is 23.8 Å². The van der Waals surface area contributed by atoms with E-state index in [0.29, 0.717) is 6.42 Å². The molecule has 0 spiro atoms. The number of hydrogen-bond acceptors (Lipinski definition) is 4. The first-order valence-corrected chi connectivity index (χ1v) is 6.72. The summed E-state index contributed by atoms with van der Waals surface area (Å²) in [4.78, 5) is 34.1. The summed E-state index contributed by atoms with van der Waals surface area (Å²) in [6, 6.07) is -0.930. The lowest BCUT2D eigenvalue weighted by Gasteiger charge is -2.16. The Bertz CT molecular complexity index is 462. The van der Waals surface area contributed by atoms with Gasteiger partial charge in [0.15, 0.2) is 0 Å². The summed E-state index contributed by atoms with van der Waals surface area (Å²) in [6.07, 6.45) is 6.00. The van der Waals surface area contributed by atoms with Crippen LogP contribution in [0.1, 0.15) is 33.1 Å². The van der Waals surface area contributed by atoms with Crippen LogP contribution in [0.25, 0.3) is 0 Å². The van der Waals surface area contributed by atoms with Crippen LogP contribution in [0.3, 0.4) is 0 Å². The van der Waals surface area contributed by atoms with E-state index in [1.807, 2.05) is 6.08 Å². The second kappa shape index (κ2) is 7.14. The number of carbonyl (C=O) groups is 3. The number of aliphatic carboxylic acids is 1. The van der Waals surface area contributed by atoms with E-state index in [-0.39, 0.29) is 36.2 Å². The topological polar surface area (TPSA) is 97.5 Å². The van der Waals surface area contributed by atoms with Crippen LogP contribution in [0.5, 0.6) is 0 Å². The zero-order chi connectivity index (χ0) is 15.3. The molecule has 0 aromatic rings. The molecule has 0 aromatic carbocycles. The molecule has 20 heavy (non-hydrogen) atoms. The van der Waals surface area contributed by atoms with Crippen LogP contribution in [0.4, 0.5) is 0 Å². The monoisotopic (exact) mass is 279 g/mol. The molecule has 0 radical (unpaired) electrons. The first-order valence-electron chi connectivity index (χ1n) is 6.72. The fraction of sp³-hybridized carbons (Fsp3) is 0.533. The maximum atomic E-state index is 11.9. The Morgan fingerprint density at radius 2 is 2.05 bits per heavy atom. The summed E-state index contributed by atoms with van der Waals surface area (Å²) < 4.78 is 0. The van der Waals surface area contributed by atoms with Crippen molar-refractivity contribution in [2.24, 2.45) is 17.6 Å². The molecule has 0 heterocycles. The maximum Gasteiger partial charge on any atom is 0.320 e. The number of nitrogens with two attached hydrogens (primary N) is 1. The third-order valence-corrected chi connectivity index (χ3v) is 3.36. The van der Waals surface area contributed by atoms with E-state index >= 15 is 0 Å². The van der Waals surface area contributed by atoms with Gasteiger partial charge in [0, 0.05) is 11.8 Å². The van der Waals surface area contributed by atoms with E-state index in [4.69, 9.17) is 10.8 Å². The van der Waals surface area contributed by atoms with Gasteiger partial charge in [-0.1, -0.05) is 37.6 Å². The van der Waals surface area contributed by atoms with Gasteiger partial charge in [0.2, 0.25) is 0 Å². The second-order valence-electron chi connectivity index (χ2n) is 5.39. The van der Waals surface area contributed by atoms with Crippen LogP contribution < -0.4 is 5.73 Å². The minimum absolute atomic E-state index is 0.0372. The molecular formula is C15H21NO4. The molecule has 0 amide bonds. The fourth-order valence-electron chi connectivity index (χ4n) is 1.90. The van der Waals surface area contributed by atoms with Crippen LogP contribution >= 0.6 is 0 Å². The SMILES string of the molecule is CC(C)C(=O)CC(=O)C1C=CC(CC(N)C(=O)O)=CC1. The van der Waals surface area contributed by atoms with E-state index in [1.54, 1.807) is 26.0 Å². The van der Waals surface area contributed by atoms with Gasteiger partial charge < -0.3 is 10.8 Å². The number of allylic oxidation sites excluding steroid dienone is 3. The molecule has 5 heteroatoms. The van der Waals surface area contributed by atoms with Crippen LogP contribution in [0, 0.1) is 11.8 Å². The molecule has 1 aliphatic rings. The van der Waals surface area contributed by atoms with Crippen molar-refractivity contribution in [3.63, 3.8) is 0 Å². The molecule has 3 N–H and O–H groups in total. The molecule has 0 bridgehead atoms. The molecule has 1 rings (SSSR count). The molecule has 1 aliphatic carbocycles. The number of Topliss-reactive ketones (excluding diaryl/α,β-unsaturated/α-hetero) is 2. The van der Waals surface area contributed by atoms with Gasteiger partial charge in [0.05, 0.1) is 6.42 Å². The quantitative estimate of drug-likeness (QED) is 0.688. The van der Waals surface area contributed by atoms with Crippen molar-refractivity contribution in [3.05, 3.63) is 23.8 Å². The van der Waals surface area contributed by atoms with Crippen molar-refractivity contribution in [1.82, 2.24) is 0 Å². The highest BCUT2D eigenvalue weighted by Gasteiger charge is 2.22. The van der Waals surface area contributed by atoms with E-state index in [9.17, 15) is 14.4 Å². The maximum absolute atomic E-state index is 11.9. The fourth-order valence-corrected chi connectivity index (χ4v) is 1.90. The summed E-state index contributed by atoms with van der Waals surface area (Å²) >= 11 is 0. The first-order chi connectivity index (χ1) is 9.31. The lowest BCUT2D eigenvalue weighted by atomic mass is 9.88. The van der Waals surface area contributed by atoms with Gasteiger partial charge in [-0.05, 0) is 12.8 Å². The number of carbonyl (C=O) groups excluding carboxylic acids is 2. The van der Waals surface area contributed by atoms with Crippen LogP contribution in [-0.4, -0.2) is 28.7 Å². The van der Waals surface area contributed by atoms with Crippen molar-refractivity contribution in [2.75, 3.05) is 0 Å². The average Bonchev–Trinajstić information content (AvgIpc) is 2.39. The van der Waals surface area contributed by atoms with Crippen molar-refractivity contribution >= 4 is 17.5 Å². The van der Waals surface area contributed by atoms with E-state index in [0.717, 1.165) is 5.57 Å². The van der Waals surface area contributed by atoms with Gasteiger partial charge in [0.25, 0.3) is 0 Å². The molecule has 0 saturated heterocycles. The lowest BCUT2D eigenvalue weighted by Crippen LogP contribution is -2.30. The molecule has 5 nitrogen and oxygen atoms in total. The second-order valence-corrected chi connectivity index (χ2v) is 5.39. The lowest BCUT2D eigenvalue weighted by molar-refractivity contribution is -0.138. The number of carboxylic acids is 1. The van der Waals surface area contributed by atoms with Crippen LogP contribution in [-0.2, 0) is 14.4 Å². The Balaban J connectivity index is 2.51. The van der Waals surface area contributed by atoms with Crippen molar-refractivity contribution in [3.8, 4) is 0 Å². The Labute approximate surface area is 118 Å². The van der Waals surface area contributed by atoms with Crippen molar-refractivity contribution in [1.29, 1.82) is 0 Å². The average molecular weight is 279 g/mol. The summed E-state index contributed by atoms with van der Waals surface area (Å²) in [6.45, 7) is 3.55. The number of carboxylic acid groups (broad SMARTS) is 1. The Kier molecular flexibility index (Phi) is 5.82. The summed E-state index contributed by atoms with van der Waals surface area (Å²) in [7, 11) is 0. The van der Waals surface area contributed by atoms with E-state index in [1.165, 1.54) is 0 Å². The van der Waals surface area contributed by atoms with Gasteiger partial charge in [-0.25, -0.2) is 0 Å². The molecule has 0 aliphatic heterocycles. The van der Waals surface area contributed by atoms with Gasteiger partial charge in [-0.2, -0.15) is 0 Å². The van der Waals surface area contributed by atoms with Gasteiger partial charge in [-0.15, -0.1) is 0 Å². The minimum Gasteiger partial charge on any atom is -0.480 e. The minimum atomic E-state index is -1.04. The molecule has 2 unspecified atom stereocenters. The zero-order valence-electron chi connectivity index (χ0n) is 11.8. The normalized spacial score (nSPS) is 19.6. The van der Waals surface area contributed by atoms with Crippen molar-refractivity contribution < 1.29 is 19.5 Å². The number of hydrogen-bond donors (Lipinski definition) is 2. The predicted octanol–water partition coefficient (Wildman–Crippen LogP) is 1.48. The summed E-state index contributed by atoms with van der Waals surface area (Å²) in [5.74, 6) is -1.60. The van der Waals surface area contributed by atoms with Gasteiger partial charge in [0.1, 0.15) is 17.6 Å². The predicted molar refractivity (Wildman–Crippen MR) is 75.0 cm³/mol. The Hall–Kier alpha value is -1.75. The third-order valence-electron chi connectivity index (χ3n) is 3.36. The molecular weight excluding hydrogens is 258 g/mol. The largest absolute Gasteiger partial charge is 0.480 e. The smallest absolute Gasteiger partial charge is 0.320 e. The van der Waals surface area contributed by atoms with E-state index < -0.39 is 12.0 Å². The molecule has 0 aromatic heterocycles. The third kappa shape index (κ3) is 4.74. The first kappa shape index (κ1) is 16.3. The Morgan fingerprint density at radius 1 is 1.40 bits per heavy atom. The van der Waals surface area contributed by atoms with Crippen LogP contribution in [0.2, 0.25) is 0 Å². The molecule has 2 atom stereocenters. The summed E-state index contributed by atoms with van der Waals surface area (Å²) in [5, 5.41) is 8.74. The zero-order valence-corrected chi connectivity index (χ0v) is 11.8. The molecule has 110 valence electrons. The van der Waals surface area contributed by atoms with E-state index in [2.05, 4.69) is 0 Å². The number of ketones is 2. The Morgan fingerprint density at radius 3 is 2.50 bits per heavy atom. The van der Waals surface area contributed by atoms with Gasteiger partial charge >= 0.3 is 5.97 Å². The summed E-state index contributed by atoms with van der Waals surface area (Å²) in [5.41, 5.74) is 6.27. The van der Waals surface area contributed by atoms with Gasteiger partial charge in [-0.3, -0.25) is 14.4 Å². The molecule has 0 fully saturated rings.